The molecule has 1 aliphatic heterocycles. The fraction of sp³-hybridized carbons (Fsp3) is 0.625. The lowest BCUT2D eigenvalue weighted by Gasteiger charge is -2.23. The van der Waals surface area contributed by atoms with Crippen LogP contribution in [0.1, 0.15) is 34.9 Å². The first-order valence-electron chi connectivity index (χ1n) is 7.95. The Balaban J connectivity index is 1.55. The van der Waals surface area contributed by atoms with Crippen molar-refractivity contribution < 1.29 is 13.4 Å². The summed E-state index contributed by atoms with van der Waals surface area (Å²) in [6.45, 7) is 8.16. The molecular formula is C16H23FN4O2. The second-order valence-electron chi connectivity index (χ2n) is 6.28. The Hall–Kier alpha value is -1.73. The number of hydrogen-bond acceptors (Lipinski definition) is 6. The molecule has 0 amide bonds. The maximum absolute atomic E-state index is 13.8. The molecule has 126 valence electrons. The van der Waals surface area contributed by atoms with E-state index in [1.54, 1.807) is 0 Å². The van der Waals surface area contributed by atoms with Crippen LogP contribution in [0.5, 0.6) is 0 Å². The number of nitrogens with one attached hydrogen (secondary N) is 1. The number of hydrogen-bond donors (Lipinski definition) is 1. The first kappa shape index (κ1) is 16.1. The molecule has 2 aromatic rings. The monoisotopic (exact) mass is 322 g/mol. The molecule has 0 bridgehead atoms. The highest BCUT2D eigenvalue weighted by Gasteiger charge is 2.32. The molecule has 23 heavy (non-hydrogen) atoms. The summed E-state index contributed by atoms with van der Waals surface area (Å²) in [5.74, 6) is 1.62. The second kappa shape index (κ2) is 6.80. The van der Waals surface area contributed by atoms with Crippen LogP contribution in [0.3, 0.4) is 0 Å². The maximum Gasteiger partial charge on any atom is 0.150 e. The molecule has 7 heteroatoms. The summed E-state index contributed by atoms with van der Waals surface area (Å²) >= 11 is 0. The largest absolute Gasteiger partial charge is 0.361 e. The van der Waals surface area contributed by atoms with E-state index in [1.807, 2.05) is 26.8 Å². The average molecular weight is 322 g/mol. The van der Waals surface area contributed by atoms with Gasteiger partial charge in [0.2, 0.25) is 0 Å². The van der Waals surface area contributed by atoms with E-state index in [9.17, 15) is 4.39 Å². The van der Waals surface area contributed by atoms with Crippen molar-refractivity contribution in [2.45, 2.75) is 52.5 Å². The second-order valence-corrected chi connectivity index (χ2v) is 6.28. The van der Waals surface area contributed by atoms with Gasteiger partial charge in [-0.05, 0) is 27.2 Å². The minimum Gasteiger partial charge on any atom is -0.361 e. The lowest BCUT2D eigenvalue weighted by Crippen LogP contribution is -2.37. The van der Waals surface area contributed by atoms with Crippen LogP contribution in [0, 0.1) is 20.8 Å². The zero-order valence-corrected chi connectivity index (χ0v) is 13.8. The molecule has 3 heterocycles. The van der Waals surface area contributed by atoms with Gasteiger partial charge in [0.1, 0.15) is 11.9 Å². The van der Waals surface area contributed by atoms with Gasteiger partial charge in [0, 0.05) is 37.3 Å². The van der Waals surface area contributed by atoms with Gasteiger partial charge in [-0.25, -0.2) is 4.39 Å². The molecular weight excluding hydrogens is 299 g/mol. The summed E-state index contributed by atoms with van der Waals surface area (Å²) in [6, 6.07) is 2.05. The molecule has 1 N–H and O–H groups in total. The van der Waals surface area contributed by atoms with Gasteiger partial charge in [0.15, 0.2) is 5.76 Å². The van der Waals surface area contributed by atoms with Crippen LogP contribution >= 0.6 is 0 Å². The number of likely N-dealkylation sites (tertiary alicyclic amines) is 1. The first-order chi connectivity index (χ1) is 11.0. The molecule has 1 aliphatic rings. The lowest BCUT2D eigenvalue weighted by molar-refractivity contribution is 0.204. The normalized spacial score (nSPS) is 22.1. The molecule has 0 unspecified atom stereocenters. The summed E-state index contributed by atoms with van der Waals surface area (Å²) in [6.07, 6.45) is -0.244. The van der Waals surface area contributed by atoms with E-state index in [2.05, 4.69) is 20.5 Å². The molecule has 3 rings (SSSR count). The SMILES string of the molecule is Cc1cc(CN2C[C@@H](F)C[C@H]2CNCc2c(C)noc2C)on1. The van der Waals surface area contributed by atoms with Gasteiger partial charge < -0.3 is 14.4 Å². The third-order valence-electron chi connectivity index (χ3n) is 4.38. The predicted octanol–water partition coefficient (Wildman–Crippen LogP) is 2.29. The zero-order valence-electron chi connectivity index (χ0n) is 13.8. The van der Waals surface area contributed by atoms with Crippen LogP contribution in [0.15, 0.2) is 15.1 Å². The number of rotatable bonds is 6. The van der Waals surface area contributed by atoms with Gasteiger partial charge in [-0.1, -0.05) is 10.3 Å². The molecule has 2 atom stereocenters. The van der Waals surface area contributed by atoms with Crippen molar-refractivity contribution in [3.05, 3.63) is 34.5 Å². The summed E-state index contributed by atoms with van der Waals surface area (Å²) in [4.78, 5) is 2.12. The van der Waals surface area contributed by atoms with Crippen molar-refractivity contribution in [3.8, 4) is 0 Å². The van der Waals surface area contributed by atoms with Gasteiger partial charge in [-0.3, -0.25) is 4.90 Å². The number of halogens is 1. The summed E-state index contributed by atoms with van der Waals surface area (Å²) in [5, 5.41) is 11.2. The summed E-state index contributed by atoms with van der Waals surface area (Å²) in [7, 11) is 0. The highest BCUT2D eigenvalue weighted by molar-refractivity contribution is 5.20. The third-order valence-corrected chi connectivity index (χ3v) is 4.38. The van der Waals surface area contributed by atoms with Crippen LogP contribution in [0.2, 0.25) is 0 Å². The van der Waals surface area contributed by atoms with Gasteiger partial charge in [-0.2, -0.15) is 0 Å². The predicted molar refractivity (Wildman–Crippen MR) is 82.6 cm³/mol. The molecule has 0 saturated carbocycles. The van der Waals surface area contributed by atoms with Crippen LogP contribution < -0.4 is 5.32 Å². The number of alkyl halides is 1. The molecule has 0 aliphatic carbocycles. The fourth-order valence-corrected chi connectivity index (χ4v) is 3.14. The number of nitrogens with zero attached hydrogens (tertiary/aromatic N) is 3. The lowest BCUT2D eigenvalue weighted by atomic mass is 10.1. The minimum absolute atomic E-state index is 0.149. The van der Waals surface area contributed by atoms with Crippen LogP contribution in [0.25, 0.3) is 0 Å². The van der Waals surface area contributed by atoms with E-state index >= 15 is 0 Å². The van der Waals surface area contributed by atoms with E-state index in [-0.39, 0.29) is 6.04 Å². The minimum atomic E-state index is -0.787. The van der Waals surface area contributed by atoms with E-state index in [0.717, 1.165) is 35.0 Å². The maximum atomic E-state index is 13.8. The Morgan fingerprint density at radius 1 is 1.30 bits per heavy atom. The van der Waals surface area contributed by atoms with Gasteiger partial charge >= 0.3 is 0 Å². The quantitative estimate of drug-likeness (QED) is 0.880. The van der Waals surface area contributed by atoms with Crippen molar-refractivity contribution in [2.24, 2.45) is 0 Å². The van der Waals surface area contributed by atoms with E-state index in [4.69, 9.17) is 9.05 Å². The Morgan fingerprint density at radius 2 is 2.13 bits per heavy atom. The Bertz CT molecular complexity index is 635. The highest BCUT2D eigenvalue weighted by atomic mass is 19.1. The van der Waals surface area contributed by atoms with Crippen LogP contribution in [-0.4, -0.2) is 40.5 Å². The molecule has 2 aromatic heterocycles. The standard InChI is InChI=1S/C16H23FN4O2/c1-10-4-15(23-19-10)9-21-8-13(17)5-14(21)6-18-7-16-11(2)20-22-12(16)3/h4,13-14,18H,5-9H2,1-3H3/t13-,14-/m0/s1. The highest BCUT2D eigenvalue weighted by Crippen LogP contribution is 2.23. The molecule has 0 radical (unpaired) electrons. The Labute approximate surface area is 135 Å². The van der Waals surface area contributed by atoms with Gasteiger partial charge in [0.05, 0.1) is 17.9 Å². The van der Waals surface area contributed by atoms with Crippen molar-refractivity contribution in [1.29, 1.82) is 0 Å². The van der Waals surface area contributed by atoms with Gasteiger partial charge in [-0.15, -0.1) is 0 Å². The Kier molecular flexibility index (Phi) is 4.77. The molecule has 0 aromatic carbocycles. The summed E-state index contributed by atoms with van der Waals surface area (Å²) in [5.41, 5.74) is 2.83. The topological polar surface area (TPSA) is 67.3 Å². The first-order valence-corrected chi connectivity index (χ1v) is 7.95. The number of aryl methyl sites for hydroxylation is 3. The number of aromatic nitrogens is 2. The summed E-state index contributed by atoms with van der Waals surface area (Å²) < 4.78 is 24.2. The van der Waals surface area contributed by atoms with Crippen LogP contribution in [-0.2, 0) is 13.1 Å². The van der Waals surface area contributed by atoms with Gasteiger partial charge in [0.25, 0.3) is 0 Å². The van der Waals surface area contributed by atoms with Crippen molar-refractivity contribution >= 4 is 0 Å². The molecule has 6 nitrogen and oxygen atoms in total. The fourth-order valence-electron chi connectivity index (χ4n) is 3.14. The Morgan fingerprint density at radius 3 is 2.78 bits per heavy atom. The van der Waals surface area contributed by atoms with Crippen molar-refractivity contribution in [3.63, 3.8) is 0 Å². The molecule has 1 fully saturated rings. The van der Waals surface area contributed by atoms with E-state index in [0.29, 0.717) is 26.1 Å². The zero-order chi connectivity index (χ0) is 16.4. The van der Waals surface area contributed by atoms with Crippen molar-refractivity contribution in [2.75, 3.05) is 13.1 Å². The third kappa shape index (κ3) is 3.79. The average Bonchev–Trinajstić information content (AvgIpc) is 3.15. The van der Waals surface area contributed by atoms with Crippen molar-refractivity contribution in [1.82, 2.24) is 20.5 Å². The van der Waals surface area contributed by atoms with Crippen LogP contribution in [0.4, 0.5) is 4.39 Å². The molecule has 0 spiro atoms. The van der Waals surface area contributed by atoms with E-state index < -0.39 is 6.17 Å². The van der Waals surface area contributed by atoms with E-state index in [1.165, 1.54) is 0 Å². The smallest absolute Gasteiger partial charge is 0.150 e. The molecule has 1 saturated heterocycles.